The molecular weight excluding hydrogens is 510 g/mol. The largest absolute Gasteiger partial charge is 0.341 e. The summed E-state index contributed by atoms with van der Waals surface area (Å²) in [6, 6.07) is 17.2. The van der Waals surface area contributed by atoms with Gasteiger partial charge in [-0.15, -0.1) is 0 Å². The lowest BCUT2D eigenvalue weighted by atomic mass is 9.95. The maximum Gasteiger partial charge on any atom is 0.256 e. The van der Waals surface area contributed by atoms with Crippen LogP contribution in [0.15, 0.2) is 59.7 Å². The minimum Gasteiger partial charge on any atom is -0.341 e. The van der Waals surface area contributed by atoms with Crippen molar-refractivity contribution in [1.82, 2.24) is 19.6 Å². The second-order valence-corrected chi connectivity index (χ2v) is 13.5. The first-order valence-electron chi connectivity index (χ1n) is 15.3. The van der Waals surface area contributed by atoms with Gasteiger partial charge in [0.25, 0.3) is 5.91 Å². The topological polar surface area (TPSA) is 70.8 Å². The summed E-state index contributed by atoms with van der Waals surface area (Å²) in [7, 11) is 0. The predicted molar refractivity (Wildman–Crippen MR) is 158 cm³/mol. The maximum absolute atomic E-state index is 13.5. The maximum atomic E-state index is 13.5. The summed E-state index contributed by atoms with van der Waals surface area (Å²) in [5, 5.41) is 4.77. The van der Waals surface area contributed by atoms with E-state index in [1.54, 1.807) is 0 Å². The molecule has 8 rings (SSSR count). The van der Waals surface area contributed by atoms with Crippen molar-refractivity contribution in [3.63, 3.8) is 0 Å². The number of carbonyl (C=O) groups excluding carboxylic acids is 2. The first-order chi connectivity index (χ1) is 19.8. The average molecular weight is 548 g/mol. The molecule has 0 atom stereocenters. The van der Waals surface area contributed by atoms with E-state index < -0.39 is 5.54 Å². The Morgan fingerprint density at radius 1 is 0.902 bits per heavy atom. The summed E-state index contributed by atoms with van der Waals surface area (Å²) in [6.07, 6.45) is 8.41. The van der Waals surface area contributed by atoms with Crippen molar-refractivity contribution >= 4 is 17.6 Å². The molecule has 3 aliphatic carbocycles. The van der Waals surface area contributed by atoms with Crippen LogP contribution in [0.1, 0.15) is 56.6 Å². The molecule has 3 aromatic rings. The normalized spacial score (nSPS) is 22.2. The Morgan fingerprint density at radius 3 is 2.27 bits per heavy atom. The van der Waals surface area contributed by atoms with Gasteiger partial charge < -0.3 is 4.90 Å². The molecule has 4 fully saturated rings. The number of aryl methyl sites for hydroxylation is 1. The third kappa shape index (κ3) is 4.41. The lowest BCUT2D eigenvalue weighted by Gasteiger charge is -2.42. The number of benzene rings is 2. The van der Waals surface area contributed by atoms with Crippen molar-refractivity contribution < 1.29 is 9.59 Å². The van der Waals surface area contributed by atoms with Gasteiger partial charge in [-0.3, -0.25) is 24.2 Å². The molecule has 1 aromatic heterocycles. The molecule has 2 aliphatic heterocycles. The second kappa shape index (κ2) is 8.88. The number of carbonyl (C=O) groups is 2. The molecule has 0 radical (unpaired) electrons. The van der Waals surface area contributed by atoms with Crippen LogP contribution < -0.4 is 0 Å². The number of aliphatic imine (C=N–C) groups is 1. The summed E-state index contributed by atoms with van der Waals surface area (Å²) >= 11 is 0. The van der Waals surface area contributed by atoms with Crippen LogP contribution in [0.5, 0.6) is 0 Å². The van der Waals surface area contributed by atoms with Gasteiger partial charge in [0.1, 0.15) is 11.4 Å². The van der Waals surface area contributed by atoms with Gasteiger partial charge in [0, 0.05) is 54.8 Å². The van der Waals surface area contributed by atoms with Crippen LogP contribution in [0.25, 0.3) is 22.4 Å². The Kier molecular flexibility index (Phi) is 5.41. The van der Waals surface area contributed by atoms with Crippen LogP contribution in [0.2, 0.25) is 0 Å². The number of rotatable bonds is 8. The number of nitrogens with zero attached hydrogens (tertiary/aromatic N) is 5. The summed E-state index contributed by atoms with van der Waals surface area (Å²) < 4.78 is 2.07. The van der Waals surface area contributed by atoms with Crippen LogP contribution in [0, 0.1) is 24.2 Å². The minimum atomic E-state index is -0.539. The first-order valence-corrected chi connectivity index (χ1v) is 15.3. The number of likely N-dealkylation sites (tertiary alicyclic amines) is 1. The number of hydrogen-bond donors (Lipinski definition) is 0. The highest BCUT2D eigenvalue weighted by Crippen LogP contribution is 2.48. The molecule has 3 heterocycles. The Balaban J connectivity index is 0.983. The van der Waals surface area contributed by atoms with Crippen molar-refractivity contribution in [2.24, 2.45) is 22.2 Å². The summed E-state index contributed by atoms with van der Waals surface area (Å²) in [5.74, 6) is 2.36. The zero-order chi connectivity index (χ0) is 27.9. The van der Waals surface area contributed by atoms with E-state index in [0.717, 1.165) is 90.6 Å². The zero-order valence-electron chi connectivity index (χ0n) is 24.0. The molecule has 0 unspecified atom stereocenters. The van der Waals surface area contributed by atoms with E-state index in [-0.39, 0.29) is 17.2 Å². The van der Waals surface area contributed by atoms with Crippen molar-refractivity contribution in [1.29, 1.82) is 0 Å². The van der Waals surface area contributed by atoms with E-state index in [0.29, 0.717) is 12.5 Å². The summed E-state index contributed by atoms with van der Waals surface area (Å²) in [4.78, 5) is 35.1. The van der Waals surface area contributed by atoms with Gasteiger partial charge in [0.05, 0.1) is 5.69 Å². The van der Waals surface area contributed by atoms with E-state index in [1.807, 2.05) is 9.80 Å². The van der Waals surface area contributed by atoms with Crippen LogP contribution >= 0.6 is 0 Å². The molecule has 0 bridgehead atoms. The van der Waals surface area contributed by atoms with E-state index >= 15 is 0 Å². The molecule has 41 heavy (non-hydrogen) atoms. The van der Waals surface area contributed by atoms with Gasteiger partial charge in [-0.1, -0.05) is 49.4 Å². The van der Waals surface area contributed by atoms with Crippen LogP contribution in [0.4, 0.5) is 0 Å². The SMILES string of the molecule is Cc1cc(-c2ccc(-c3ccn(CC4CC4)n3)cc2)ccc1C1=NC2(CC2)C(=O)N1CC1CN(C(=O)C2(C)CC2)C1. The van der Waals surface area contributed by atoms with Crippen LogP contribution in [0.3, 0.4) is 0 Å². The fourth-order valence-electron chi connectivity index (χ4n) is 6.48. The van der Waals surface area contributed by atoms with Crippen molar-refractivity contribution in [3.8, 4) is 22.4 Å². The Labute approximate surface area is 241 Å². The van der Waals surface area contributed by atoms with Gasteiger partial charge >= 0.3 is 0 Å². The van der Waals surface area contributed by atoms with E-state index in [1.165, 1.54) is 12.8 Å². The quantitative estimate of drug-likeness (QED) is 0.384. The molecule has 210 valence electrons. The van der Waals surface area contributed by atoms with Gasteiger partial charge in [-0.05, 0) is 74.1 Å². The fraction of sp³-hybridized carbons (Fsp3) is 0.471. The average Bonchev–Trinajstić information content (AvgIpc) is 3.89. The minimum absolute atomic E-state index is 0.128. The van der Waals surface area contributed by atoms with Gasteiger partial charge in [-0.2, -0.15) is 5.10 Å². The molecule has 7 nitrogen and oxygen atoms in total. The third-order valence-corrected chi connectivity index (χ3v) is 9.91. The second-order valence-electron chi connectivity index (χ2n) is 13.5. The van der Waals surface area contributed by atoms with Gasteiger partial charge in [-0.25, -0.2) is 0 Å². The molecule has 1 saturated heterocycles. The molecule has 1 spiro atoms. The van der Waals surface area contributed by atoms with Crippen molar-refractivity contribution in [2.75, 3.05) is 19.6 Å². The lowest BCUT2D eigenvalue weighted by Crippen LogP contribution is -2.56. The van der Waals surface area contributed by atoms with Crippen LogP contribution in [-0.2, 0) is 16.1 Å². The molecule has 2 aromatic carbocycles. The van der Waals surface area contributed by atoms with E-state index in [9.17, 15) is 9.59 Å². The highest BCUT2D eigenvalue weighted by atomic mass is 16.2. The third-order valence-electron chi connectivity index (χ3n) is 9.91. The van der Waals surface area contributed by atoms with Crippen LogP contribution in [-0.4, -0.2) is 62.4 Å². The van der Waals surface area contributed by atoms with Gasteiger partial charge in [0.15, 0.2) is 0 Å². The monoisotopic (exact) mass is 547 g/mol. The molecule has 2 amide bonds. The molecular formula is C34H37N5O2. The highest BCUT2D eigenvalue weighted by molar-refractivity contribution is 6.17. The Hall–Kier alpha value is -3.74. The lowest BCUT2D eigenvalue weighted by molar-refractivity contribution is -0.143. The standard InChI is InChI=1S/C34H37N5O2/c1-22-17-27(25-5-7-26(8-6-25)29-11-16-38(36-29)20-23-3-4-23)9-10-28(22)30-35-34(14-15-34)32(41)39(30)21-24-18-37(19-24)31(40)33(2)12-13-33/h5-11,16-17,23-24H,3-4,12-15,18-21H2,1-2H3. The van der Waals surface area contributed by atoms with Gasteiger partial charge in [0.2, 0.25) is 5.91 Å². The fourth-order valence-corrected chi connectivity index (χ4v) is 6.48. The predicted octanol–water partition coefficient (Wildman–Crippen LogP) is 5.32. The van der Waals surface area contributed by atoms with Crippen molar-refractivity contribution in [3.05, 3.63) is 65.9 Å². The smallest absolute Gasteiger partial charge is 0.256 e. The molecule has 7 heteroatoms. The summed E-state index contributed by atoms with van der Waals surface area (Å²) in [6.45, 7) is 7.33. The number of amides is 2. The van der Waals surface area contributed by atoms with Crippen molar-refractivity contribution in [2.45, 2.75) is 64.5 Å². The Morgan fingerprint density at radius 2 is 1.61 bits per heavy atom. The number of amidine groups is 1. The van der Waals surface area contributed by atoms with E-state index in [2.05, 4.69) is 73.3 Å². The number of hydrogen-bond acceptors (Lipinski definition) is 4. The molecule has 0 N–H and O–H groups in total. The first kappa shape index (κ1) is 25.0. The highest BCUT2D eigenvalue weighted by Gasteiger charge is 2.58. The zero-order valence-corrected chi connectivity index (χ0v) is 24.0. The number of aromatic nitrogens is 2. The van der Waals surface area contributed by atoms with E-state index in [4.69, 9.17) is 10.1 Å². The molecule has 5 aliphatic rings. The summed E-state index contributed by atoms with van der Waals surface area (Å²) in [5.41, 5.74) is 5.93. The Bertz CT molecular complexity index is 1580. The molecule has 3 saturated carbocycles.